The van der Waals surface area contributed by atoms with E-state index in [9.17, 15) is 17.6 Å². The van der Waals surface area contributed by atoms with Gasteiger partial charge in [-0.25, -0.2) is 8.78 Å². The molecule has 112 valence electrons. The molecule has 3 nitrogen and oxygen atoms in total. The molecule has 1 aliphatic rings. The SMILES string of the molecule is CC1(C)Cc2ccccc2-c2nnc(C(F)(F)C(F)F)n21. The maximum Gasteiger partial charge on any atom is 0.365 e. The van der Waals surface area contributed by atoms with E-state index in [0.29, 0.717) is 12.0 Å². The van der Waals surface area contributed by atoms with Crippen molar-refractivity contribution >= 4 is 0 Å². The molecule has 0 amide bonds. The Bertz CT molecular complexity index is 691. The lowest BCUT2D eigenvalue weighted by molar-refractivity contribution is -0.144. The minimum Gasteiger partial charge on any atom is -0.300 e. The van der Waals surface area contributed by atoms with Crippen LogP contribution in [0.25, 0.3) is 11.4 Å². The minimum absolute atomic E-state index is 0.206. The van der Waals surface area contributed by atoms with Crippen molar-refractivity contribution in [1.29, 1.82) is 0 Å². The van der Waals surface area contributed by atoms with Gasteiger partial charge in [0.1, 0.15) is 0 Å². The van der Waals surface area contributed by atoms with Crippen LogP contribution >= 0.6 is 0 Å². The smallest absolute Gasteiger partial charge is 0.300 e. The number of fused-ring (bicyclic) bond motifs is 3. The Morgan fingerprint density at radius 1 is 1.19 bits per heavy atom. The molecule has 1 aromatic carbocycles. The predicted molar refractivity (Wildman–Crippen MR) is 68.4 cm³/mol. The highest BCUT2D eigenvalue weighted by Gasteiger charge is 2.50. The standard InChI is InChI=1S/C14H13F4N3/c1-13(2)7-8-5-3-4-6-9(8)10-19-20-12(21(10)13)14(17,18)11(15)16/h3-6,11H,7H2,1-2H3. The summed E-state index contributed by atoms with van der Waals surface area (Å²) >= 11 is 0. The third kappa shape index (κ3) is 1.94. The highest BCUT2D eigenvalue weighted by atomic mass is 19.3. The summed E-state index contributed by atoms with van der Waals surface area (Å²) in [5.74, 6) is -5.10. The number of rotatable bonds is 2. The fraction of sp³-hybridized carbons (Fsp3) is 0.429. The summed E-state index contributed by atoms with van der Waals surface area (Å²) in [4.78, 5) is 0. The number of aromatic nitrogens is 3. The van der Waals surface area contributed by atoms with E-state index >= 15 is 0 Å². The second-order valence-electron chi connectivity index (χ2n) is 5.75. The maximum absolute atomic E-state index is 13.7. The molecule has 2 aromatic rings. The summed E-state index contributed by atoms with van der Waals surface area (Å²) in [6.07, 6.45) is -3.38. The third-order valence-corrected chi connectivity index (χ3v) is 3.72. The first-order valence-corrected chi connectivity index (χ1v) is 6.46. The molecule has 0 radical (unpaired) electrons. The van der Waals surface area contributed by atoms with Crippen molar-refractivity contribution in [1.82, 2.24) is 14.8 Å². The Morgan fingerprint density at radius 3 is 2.52 bits per heavy atom. The van der Waals surface area contributed by atoms with Gasteiger partial charge in [-0.05, 0) is 25.8 Å². The number of alkyl halides is 4. The van der Waals surface area contributed by atoms with Crippen LogP contribution in [0.5, 0.6) is 0 Å². The average Bonchev–Trinajstić information content (AvgIpc) is 2.84. The molecule has 21 heavy (non-hydrogen) atoms. The largest absolute Gasteiger partial charge is 0.365 e. The second kappa shape index (κ2) is 4.29. The van der Waals surface area contributed by atoms with Crippen molar-refractivity contribution in [2.24, 2.45) is 0 Å². The fourth-order valence-electron chi connectivity index (χ4n) is 2.78. The monoisotopic (exact) mass is 299 g/mol. The van der Waals surface area contributed by atoms with E-state index < -0.39 is 23.7 Å². The summed E-state index contributed by atoms with van der Waals surface area (Å²) in [6.45, 7) is 3.42. The molecule has 1 aliphatic heterocycles. The van der Waals surface area contributed by atoms with Crippen molar-refractivity contribution in [3.8, 4) is 11.4 Å². The van der Waals surface area contributed by atoms with Crippen molar-refractivity contribution in [2.45, 2.75) is 38.2 Å². The van der Waals surface area contributed by atoms with Gasteiger partial charge in [-0.1, -0.05) is 24.3 Å². The van der Waals surface area contributed by atoms with Gasteiger partial charge in [0.05, 0.1) is 0 Å². The lowest BCUT2D eigenvalue weighted by atomic mass is 9.87. The van der Waals surface area contributed by atoms with Crippen LogP contribution in [-0.4, -0.2) is 21.2 Å². The van der Waals surface area contributed by atoms with E-state index in [2.05, 4.69) is 10.2 Å². The zero-order chi connectivity index (χ0) is 15.4. The van der Waals surface area contributed by atoms with Gasteiger partial charge in [0, 0.05) is 11.1 Å². The Kier molecular flexibility index (Phi) is 2.86. The van der Waals surface area contributed by atoms with E-state index in [1.807, 2.05) is 12.1 Å². The quantitative estimate of drug-likeness (QED) is 0.793. The van der Waals surface area contributed by atoms with Crippen molar-refractivity contribution in [3.05, 3.63) is 35.7 Å². The molecule has 0 unspecified atom stereocenters. The Hall–Kier alpha value is -1.92. The first-order chi connectivity index (χ1) is 9.75. The van der Waals surface area contributed by atoms with E-state index in [0.717, 1.165) is 10.1 Å². The van der Waals surface area contributed by atoms with Gasteiger partial charge in [-0.15, -0.1) is 10.2 Å². The van der Waals surface area contributed by atoms with Crippen LogP contribution in [0.1, 0.15) is 25.2 Å². The van der Waals surface area contributed by atoms with Gasteiger partial charge in [0.2, 0.25) is 5.82 Å². The van der Waals surface area contributed by atoms with E-state index in [1.54, 1.807) is 26.0 Å². The second-order valence-corrected chi connectivity index (χ2v) is 5.75. The van der Waals surface area contributed by atoms with E-state index in [4.69, 9.17) is 0 Å². The summed E-state index contributed by atoms with van der Waals surface area (Å²) in [5.41, 5.74) is 0.788. The van der Waals surface area contributed by atoms with Gasteiger partial charge in [0.25, 0.3) is 0 Å². The summed E-state index contributed by atoms with van der Waals surface area (Å²) in [6, 6.07) is 7.20. The first kappa shape index (κ1) is 14.0. The van der Waals surface area contributed by atoms with E-state index in [1.165, 1.54) is 0 Å². The lowest BCUT2D eigenvalue weighted by Crippen LogP contribution is -2.39. The summed E-state index contributed by atoms with van der Waals surface area (Å²) < 4.78 is 54.0. The third-order valence-electron chi connectivity index (χ3n) is 3.72. The molecule has 0 spiro atoms. The Labute approximate surface area is 118 Å². The molecular formula is C14H13F4N3. The van der Waals surface area contributed by atoms with Crippen molar-refractivity contribution < 1.29 is 17.6 Å². The molecular weight excluding hydrogens is 286 g/mol. The van der Waals surface area contributed by atoms with Gasteiger partial charge in [-0.3, -0.25) is 4.57 Å². The van der Waals surface area contributed by atoms with Crippen LogP contribution in [0.15, 0.2) is 24.3 Å². The molecule has 0 saturated heterocycles. The van der Waals surface area contributed by atoms with Crippen LogP contribution in [0.4, 0.5) is 17.6 Å². The van der Waals surface area contributed by atoms with Crippen LogP contribution in [0, 0.1) is 0 Å². The highest BCUT2D eigenvalue weighted by molar-refractivity contribution is 5.63. The van der Waals surface area contributed by atoms with Crippen LogP contribution in [-0.2, 0) is 17.9 Å². The van der Waals surface area contributed by atoms with Gasteiger partial charge in [0.15, 0.2) is 5.82 Å². The van der Waals surface area contributed by atoms with Crippen molar-refractivity contribution in [2.75, 3.05) is 0 Å². The molecule has 7 heteroatoms. The molecule has 0 fully saturated rings. The number of nitrogens with zero attached hydrogens (tertiary/aromatic N) is 3. The molecule has 2 heterocycles. The molecule has 0 saturated carbocycles. The predicted octanol–water partition coefficient (Wildman–Crippen LogP) is 3.59. The molecule has 3 rings (SSSR count). The Balaban J connectivity index is 2.27. The van der Waals surface area contributed by atoms with Gasteiger partial charge < -0.3 is 0 Å². The minimum atomic E-state index is -4.32. The highest BCUT2D eigenvalue weighted by Crippen LogP contribution is 2.42. The Morgan fingerprint density at radius 2 is 1.86 bits per heavy atom. The van der Waals surface area contributed by atoms with Gasteiger partial charge >= 0.3 is 12.3 Å². The summed E-state index contributed by atoms with van der Waals surface area (Å²) in [7, 11) is 0. The summed E-state index contributed by atoms with van der Waals surface area (Å²) in [5, 5.41) is 7.11. The fourth-order valence-corrected chi connectivity index (χ4v) is 2.78. The zero-order valence-corrected chi connectivity index (χ0v) is 11.4. The molecule has 0 bridgehead atoms. The average molecular weight is 299 g/mol. The number of benzene rings is 1. The normalized spacial score (nSPS) is 16.7. The number of hydrogen-bond acceptors (Lipinski definition) is 2. The van der Waals surface area contributed by atoms with Gasteiger partial charge in [-0.2, -0.15) is 8.78 Å². The molecule has 0 N–H and O–H groups in total. The number of hydrogen-bond donors (Lipinski definition) is 0. The first-order valence-electron chi connectivity index (χ1n) is 6.46. The van der Waals surface area contributed by atoms with Crippen LogP contribution < -0.4 is 0 Å². The van der Waals surface area contributed by atoms with Crippen LogP contribution in [0.2, 0.25) is 0 Å². The zero-order valence-electron chi connectivity index (χ0n) is 11.4. The molecule has 0 aliphatic carbocycles. The van der Waals surface area contributed by atoms with Crippen molar-refractivity contribution in [3.63, 3.8) is 0 Å². The molecule has 1 aromatic heterocycles. The molecule has 0 atom stereocenters. The lowest BCUT2D eigenvalue weighted by Gasteiger charge is -2.35. The topological polar surface area (TPSA) is 30.7 Å². The maximum atomic E-state index is 13.7. The number of halogens is 4. The van der Waals surface area contributed by atoms with E-state index in [-0.39, 0.29) is 5.82 Å². The van der Waals surface area contributed by atoms with Crippen LogP contribution in [0.3, 0.4) is 0 Å².